The van der Waals surface area contributed by atoms with E-state index in [1.54, 1.807) is 30.3 Å². The Balaban J connectivity index is 2.14. The fourth-order valence-corrected chi connectivity index (χ4v) is 3.31. The third-order valence-electron chi connectivity index (χ3n) is 3.40. The fraction of sp³-hybridized carbons (Fsp3) is 0.176. The van der Waals surface area contributed by atoms with Gasteiger partial charge in [0, 0.05) is 18.7 Å². The maximum atomic E-state index is 13.6. The number of nitrogens with zero attached hydrogens (tertiary/aromatic N) is 1. The molecule has 2 aromatic rings. The lowest BCUT2D eigenvalue weighted by Crippen LogP contribution is -2.25. The predicted octanol–water partition coefficient (Wildman–Crippen LogP) is 1.93. The Kier molecular flexibility index (Phi) is 5.85. The van der Waals surface area contributed by atoms with Gasteiger partial charge in [0.1, 0.15) is 22.3 Å². The zero-order valence-corrected chi connectivity index (χ0v) is 14.2. The summed E-state index contributed by atoms with van der Waals surface area (Å²) in [6.45, 7) is 2.26. The van der Waals surface area contributed by atoms with Gasteiger partial charge in [-0.15, -0.1) is 0 Å². The minimum absolute atomic E-state index is 0.0562. The van der Waals surface area contributed by atoms with Crippen molar-refractivity contribution < 1.29 is 17.6 Å². The van der Waals surface area contributed by atoms with Gasteiger partial charge < -0.3 is 5.32 Å². The molecule has 6 nitrogen and oxygen atoms in total. The Morgan fingerprint density at radius 2 is 1.88 bits per heavy atom. The molecule has 8 heteroatoms. The van der Waals surface area contributed by atoms with Crippen molar-refractivity contribution in [2.24, 2.45) is 0 Å². The van der Waals surface area contributed by atoms with Crippen LogP contribution < -0.4 is 10.0 Å². The SMILES string of the molecule is CCNC(=O)c1ccc(CNS(=O)(=O)c2cccc(F)c2C#N)cc1. The average Bonchev–Trinajstić information content (AvgIpc) is 2.60. The molecule has 0 aliphatic rings. The van der Waals surface area contributed by atoms with E-state index in [-0.39, 0.29) is 12.5 Å². The zero-order chi connectivity index (χ0) is 18.4. The minimum Gasteiger partial charge on any atom is -0.352 e. The first-order valence-electron chi connectivity index (χ1n) is 7.44. The summed E-state index contributed by atoms with van der Waals surface area (Å²) in [6.07, 6.45) is 0. The molecule has 0 saturated carbocycles. The summed E-state index contributed by atoms with van der Waals surface area (Å²) in [5.74, 6) is -1.11. The molecule has 0 saturated heterocycles. The van der Waals surface area contributed by atoms with Crippen LogP contribution in [0.5, 0.6) is 0 Å². The summed E-state index contributed by atoms with van der Waals surface area (Å²) in [7, 11) is -4.05. The van der Waals surface area contributed by atoms with Crippen molar-refractivity contribution in [1.82, 2.24) is 10.0 Å². The third-order valence-corrected chi connectivity index (χ3v) is 4.84. The highest BCUT2D eigenvalue weighted by atomic mass is 32.2. The smallest absolute Gasteiger partial charge is 0.251 e. The lowest BCUT2D eigenvalue weighted by molar-refractivity contribution is 0.0956. The monoisotopic (exact) mass is 361 g/mol. The molecule has 2 N–H and O–H groups in total. The van der Waals surface area contributed by atoms with Crippen molar-refractivity contribution in [3.8, 4) is 6.07 Å². The highest BCUT2D eigenvalue weighted by Gasteiger charge is 2.20. The number of hydrogen-bond donors (Lipinski definition) is 2. The Morgan fingerprint density at radius 3 is 2.48 bits per heavy atom. The second-order valence-corrected chi connectivity index (χ2v) is 6.84. The van der Waals surface area contributed by atoms with Crippen molar-refractivity contribution in [3.63, 3.8) is 0 Å². The zero-order valence-electron chi connectivity index (χ0n) is 13.4. The van der Waals surface area contributed by atoms with Crippen molar-refractivity contribution >= 4 is 15.9 Å². The first kappa shape index (κ1) is 18.6. The second kappa shape index (κ2) is 7.88. The highest BCUT2D eigenvalue weighted by molar-refractivity contribution is 7.89. The van der Waals surface area contributed by atoms with Gasteiger partial charge in [0.15, 0.2) is 0 Å². The quantitative estimate of drug-likeness (QED) is 0.821. The van der Waals surface area contributed by atoms with Gasteiger partial charge in [0.2, 0.25) is 10.0 Å². The van der Waals surface area contributed by atoms with E-state index in [0.29, 0.717) is 17.7 Å². The van der Waals surface area contributed by atoms with E-state index >= 15 is 0 Å². The molecule has 0 heterocycles. The number of hydrogen-bond acceptors (Lipinski definition) is 4. The van der Waals surface area contributed by atoms with E-state index in [9.17, 15) is 17.6 Å². The number of halogens is 1. The third kappa shape index (κ3) is 4.41. The van der Waals surface area contributed by atoms with E-state index in [0.717, 1.165) is 6.07 Å². The van der Waals surface area contributed by atoms with E-state index < -0.39 is 26.3 Å². The van der Waals surface area contributed by atoms with Crippen molar-refractivity contribution in [2.45, 2.75) is 18.4 Å². The first-order chi connectivity index (χ1) is 11.9. The van der Waals surface area contributed by atoms with E-state index in [2.05, 4.69) is 10.0 Å². The molecule has 0 atom stereocenters. The summed E-state index contributed by atoms with van der Waals surface area (Å²) >= 11 is 0. The Morgan fingerprint density at radius 1 is 1.20 bits per heavy atom. The molecule has 0 aliphatic heterocycles. The van der Waals surface area contributed by atoms with Crippen LogP contribution in [0.4, 0.5) is 4.39 Å². The fourth-order valence-electron chi connectivity index (χ4n) is 2.13. The number of carbonyl (C=O) groups is 1. The topological polar surface area (TPSA) is 99.1 Å². The molecule has 130 valence electrons. The number of rotatable bonds is 6. The molecule has 1 amide bonds. The van der Waals surface area contributed by atoms with Gasteiger partial charge in [0.25, 0.3) is 5.91 Å². The van der Waals surface area contributed by atoms with Gasteiger partial charge in [-0.1, -0.05) is 18.2 Å². The molecule has 0 aliphatic carbocycles. The summed E-state index contributed by atoms with van der Waals surface area (Å²) in [6, 6.07) is 11.4. The van der Waals surface area contributed by atoms with Crippen LogP contribution >= 0.6 is 0 Å². The summed E-state index contributed by atoms with van der Waals surface area (Å²) in [4.78, 5) is 11.3. The summed E-state index contributed by atoms with van der Waals surface area (Å²) in [5, 5.41) is 11.6. The predicted molar refractivity (Wildman–Crippen MR) is 89.6 cm³/mol. The molecule has 0 spiro atoms. The van der Waals surface area contributed by atoms with Gasteiger partial charge in [-0.05, 0) is 36.8 Å². The number of nitriles is 1. The first-order valence-corrected chi connectivity index (χ1v) is 8.92. The van der Waals surface area contributed by atoms with Crippen molar-refractivity contribution in [3.05, 3.63) is 65.0 Å². The summed E-state index contributed by atoms with van der Waals surface area (Å²) < 4.78 is 40.5. The molecular formula is C17H16FN3O3S. The van der Waals surface area contributed by atoms with Gasteiger partial charge >= 0.3 is 0 Å². The maximum Gasteiger partial charge on any atom is 0.251 e. The average molecular weight is 361 g/mol. The van der Waals surface area contributed by atoms with Crippen LogP contribution in [0.25, 0.3) is 0 Å². The summed E-state index contributed by atoms with van der Waals surface area (Å²) in [5.41, 5.74) is 0.554. The van der Waals surface area contributed by atoms with E-state index in [4.69, 9.17) is 5.26 Å². The van der Waals surface area contributed by atoms with Crippen LogP contribution in [0.15, 0.2) is 47.4 Å². The van der Waals surface area contributed by atoms with Crippen LogP contribution in [0.2, 0.25) is 0 Å². The number of benzene rings is 2. The van der Waals surface area contributed by atoms with Crippen LogP contribution in [0, 0.1) is 17.1 Å². The van der Waals surface area contributed by atoms with Gasteiger partial charge in [-0.2, -0.15) is 5.26 Å². The standard InChI is InChI=1S/C17H16FN3O3S/c1-2-20-17(22)13-8-6-12(7-9-13)11-21-25(23,24)16-5-3-4-15(18)14(16)10-19/h3-9,21H,2,11H2,1H3,(H,20,22). The molecule has 0 radical (unpaired) electrons. The minimum atomic E-state index is -4.05. The van der Waals surface area contributed by atoms with Gasteiger partial charge in [-0.25, -0.2) is 17.5 Å². The number of carbonyl (C=O) groups excluding carboxylic acids is 1. The Hall–Kier alpha value is -2.76. The van der Waals surface area contributed by atoms with Crippen LogP contribution in [-0.2, 0) is 16.6 Å². The highest BCUT2D eigenvalue weighted by Crippen LogP contribution is 2.18. The lowest BCUT2D eigenvalue weighted by atomic mass is 10.1. The Labute approximate surface area is 145 Å². The van der Waals surface area contributed by atoms with E-state index in [1.807, 2.05) is 6.92 Å². The van der Waals surface area contributed by atoms with Crippen LogP contribution in [0.3, 0.4) is 0 Å². The molecule has 2 aromatic carbocycles. The second-order valence-electron chi connectivity index (χ2n) is 5.11. The number of amides is 1. The number of sulfonamides is 1. The molecule has 0 bridgehead atoms. The van der Waals surface area contributed by atoms with E-state index in [1.165, 1.54) is 12.1 Å². The molecule has 0 aromatic heterocycles. The molecular weight excluding hydrogens is 345 g/mol. The van der Waals surface area contributed by atoms with Crippen LogP contribution in [-0.4, -0.2) is 20.9 Å². The molecule has 25 heavy (non-hydrogen) atoms. The molecule has 0 fully saturated rings. The van der Waals surface area contributed by atoms with Gasteiger partial charge in [-0.3, -0.25) is 4.79 Å². The van der Waals surface area contributed by atoms with Crippen LogP contribution in [0.1, 0.15) is 28.4 Å². The maximum absolute atomic E-state index is 13.6. The van der Waals surface area contributed by atoms with Crippen molar-refractivity contribution in [1.29, 1.82) is 5.26 Å². The normalized spacial score (nSPS) is 10.9. The lowest BCUT2D eigenvalue weighted by Gasteiger charge is -2.09. The van der Waals surface area contributed by atoms with Gasteiger partial charge in [0.05, 0.1) is 0 Å². The Bertz CT molecular complexity index is 919. The number of nitrogens with one attached hydrogen (secondary N) is 2. The van der Waals surface area contributed by atoms with Crippen molar-refractivity contribution in [2.75, 3.05) is 6.54 Å². The molecule has 2 rings (SSSR count). The molecule has 0 unspecified atom stereocenters. The largest absolute Gasteiger partial charge is 0.352 e.